The van der Waals surface area contributed by atoms with E-state index in [1.165, 1.54) is 10.5 Å². The molecule has 0 bridgehead atoms. The highest BCUT2D eigenvalue weighted by molar-refractivity contribution is 5.86. The maximum Gasteiger partial charge on any atom is 0.329 e. The maximum atomic E-state index is 12.2. The molecule has 1 atom stereocenters. The number of nitrogens with zero attached hydrogens (tertiary/aromatic N) is 1. The van der Waals surface area contributed by atoms with Crippen LogP contribution in [-0.4, -0.2) is 34.1 Å². The van der Waals surface area contributed by atoms with Crippen molar-refractivity contribution in [1.29, 1.82) is 0 Å². The third-order valence-electron chi connectivity index (χ3n) is 4.22. The highest BCUT2D eigenvalue weighted by Crippen LogP contribution is 2.29. The van der Waals surface area contributed by atoms with Crippen LogP contribution in [0.3, 0.4) is 0 Å². The van der Waals surface area contributed by atoms with Crippen LogP contribution in [0.2, 0.25) is 0 Å². The quantitative estimate of drug-likeness (QED) is 0.894. The van der Waals surface area contributed by atoms with E-state index < -0.39 is 11.5 Å². The van der Waals surface area contributed by atoms with Gasteiger partial charge in [0.15, 0.2) is 0 Å². The Morgan fingerprint density at radius 3 is 2.48 bits per heavy atom. The summed E-state index contributed by atoms with van der Waals surface area (Å²) in [7, 11) is 0. The molecule has 21 heavy (non-hydrogen) atoms. The number of aliphatic carboxylic acids is 1. The SMILES string of the molecule is CCc1ccc(CNC(=O)N2CCCC2(C)C(=O)O)cc1. The number of carboxylic acid groups (broad SMARTS) is 1. The Morgan fingerprint density at radius 1 is 1.29 bits per heavy atom. The molecule has 1 aromatic carbocycles. The number of benzene rings is 1. The molecular weight excluding hydrogens is 268 g/mol. The van der Waals surface area contributed by atoms with Gasteiger partial charge in [-0.1, -0.05) is 31.2 Å². The van der Waals surface area contributed by atoms with Gasteiger partial charge >= 0.3 is 12.0 Å². The molecule has 0 spiro atoms. The van der Waals surface area contributed by atoms with Crippen LogP contribution in [0.25, 0.3) is 0 Å². The highest BCUT2D eigenvalue weighted by atomic mass is 16.4. The summed E-state index contributed by atoms with van der Waals surface area (Å²) in [5.41, 5.74) is 1.18. The molecule has 0 aliphatic carbocycles. The number of carbonyl (C=O) groups is 2. The molecule has 0 radical (unpaired) electrons. The summed E-state index contributed by atoms with van der Waals surface area (Å²) in [6, 6.07) is 7.74. The second kappa shape index (κ2) is 6.16. The van der Waals surface area contributed by atoms with Crippen molar-refractivity contribution in [1.82, 2.24) is 10.2 Å². The molecule has 2 rings (SSSR count). The van der Waals surface area contributed by atoms with Crippen LogP contribution in [0.5, 0.6) is 0 Å². The van der Waals surface area contributed by atoms with Crippen LogP contribution >= 0.6 is 0 Å². The minimum absolute atomic E-state index is 0.308. The molecule has 1 unspecified atom stereocenters. The molecule has 1 fully saturated rings. The normalized spacial score (nSPS) is 21.3. The van der Waals surface area contributed by atoms with Gasteiger partial charge in [-0.15, -0.1) is 0 Å². The van der Waals surface area contributed by atoms with Gasteiger partial charge in [-0.3, -0.25) is 0 Å². The van der Waals surface area contributed by atoms with Crippen LogP contribution in [0.4, 0.5) is 4.79 Å². The zero-order valence-corrected chi connectivity index (χ0v) is 12.6. The lowest BCUT2D eigenvalue weighted by Gasteiger charge is -2.31. The molecule has 1 aromatic rings. The first-order valence-electron chi connectivity index (χ1n) is 7.34. The second-order valence-electron chi connectivity index (χ2n) is 5.66. The van der Waals surface area contributed by atoms with Gasteiger partial charge in [0, 0.05) is 13.1 Å². The highest BCUT2D eigenvalue weighted by Gasteiger charge is 2.45. The Hall–Kier alpha value is -2.04. The fraction of sp³-hybridized carbons (Fsp3) is 0.500. The molecule has 0 aromatic heterocycles. The fourth-order valence-electron chi connectivity index (χ4n) is 2.68. The number of nitrogens with one attached hydrogen (secondary N) is 1. The maximum absolute atomic E-state index is 12.2. The number of amides is 2. The zero-order chi connectivity index (χ0) is 15.5. The van der Waals surface area contributed by atoms with Crippen molar-refractivity contribution < 1.29 is 14.7 Å². The smallest absolute Gasteiger partial charge is 0.329 e. The number of carboxylic acids is 1. The van der Waals surface area contributed by atoms with Gasteiger partial charge in [0.25, 0.3) is 0 Å². The van der Waals surface area contributed by atoms with Gasteiger partial charge in [-0.25, -0.2) is 9.59 Å². The van der Waals surface area contributed by atoms with E-state index in [4.69, 9.17) is 0 Å². The van der Waals surface area contributed by atoms with Crippen molar-refractivity contribution in [3.8, 4) is 0 Å². The molecule has 5 heteroatoms. The second-order valence-corrected chi connectivity index (χ2v) is 5.66. The number of rotatable bonds is 4. The van der Waals surface area contributed by atoms with Crippen LogP contribution in [0.15, 0.2) is 24.3 Å². The lowest BCUT2D eigenvalue weighted by atomic mass is 10.00. The first kappa shape index (κ1) is 15.4. The standard InChI is InChI=1S/C16H22N2O3/c1-3-12-5-7-13(8-6-12)11-17-15(21)18-10-4-9-16(18,2)14(19)20/h5-8H,3-4,9-11H2,1-2H3,(H,17,21)(H,19,20). The molecule has 1 heterocycles. The number of urea groups is 1. The van der Waals surface area contributed by atoms with E-state index in [1.807, 2.05) is 24.3 Å². The minimum Gasteiger partial charge on any atom is -0.480 e. The zero-order valence-electron chi connectivity index (χ0n) is 12.6. The third-order valence-corrected chi connectivity index (χ3v) is 4.22. The first-order valence-corrected chi connectivity index (χ1v) is 7.34. The summed E-state index contributed by atoms with van der Waals surface area (Å²) >= 11 is 0. The van der Waals surface area contributed by atoms with Crippen molar-refractivity contribution >= 4 is 12.0 Å². The lowest BCUT2D eigenvalue weighted by Crippen LogP contribution is -2.53. The van der Waals surface area contributed by atoms with E-state index in [-0.39, 0.29) is 6.03 Å². The summed E-state index contributed by atoms with van der Waals surface area (Å²) < 4.78 is 0. The van der Waals surface area contributed by atoms with Crippen LogP contribution < -0.4 is 5.32 Å². The minimum atomic E-state index is -1.09. The Bertz CT molecular complexity index is 527. The van der Waals surface area contributed by atoms with E-state index in [9.17, 15) is 14.7 Å². The molecule has 114 valence electrons. The summed E-state index contributed by atoms with van der Waals surface area (Å²) in [4.78, 5) is 25.0. The van der Waals surface area contributed by atoms with Crippen molar-refractivity contribution in [2.24, 2.45) is 0 Å². The Balaban J connectivity index is 1.96. The number of hydrogen-bond acceptors (Lipinski definition) is 2. The molecule has 1 saturated heterocycles. The van der Waals surface area contributed by atoms with E-state index in [0.717, 1.165) is 18.4 Å². The van der Waals surface area contributed by atoms with E-state index >= 15 is 0 Å². The number of likely N-dealkylation sites (tertiary alicyclic amines) is 1. The number of aryl methyl sites for hydroxylation is 1. The summed E-state index contributed by atoms with van der Waals surface area (Å²) in [5, 5.41) is 12.1. The predicted octanol–water partition coefficient (Wildman–Crippen LogP) is 2.40. The van der Waals surface area contributed by atoms with E-state index in [2.05, 4.69) is 12.2 Å². The number of carbonyl (C=O) groups excluding carboxylic acids is 1. The largest absolute Gasteiger partial charge is 0.480 e. The van der Waals surface area contributed by atoms with Crippen LogP contribution in [-0.2, 0) is 17.8 Å². The Labute approximate surface area is 125 Å². The van der Waals surface area contributed by atoms with Crippen molar-refractivity contribution in [3.63, 3.8) is 0 Å². The summed E-state index contributed by atoms with van der Waals surface area (Å²) in [6.45, 7) is 4.60. The van der Waals surface area contributed by atoms with Gasteiger partial charge in [0.1, 0.15) is 5.54 Å². The summed E-state index contributed by atoms with van der Waals surface area (Å²) in [5.74, 6) is -0.942. The van der Waals surface area contributed by atoms with E-state index in [1.54, 1.807) is 6.92 Å². The summed E-state index contributed by atoms with van der Waals surface area (Å²) in [6.07, 6.45) is 2.21. The van der Waals surface area contributed by atoms with Gasteiger partial charge < -0.3 is 15.3 Å². The van der Waals surface area contributed by atoms with Crippen molar-refractivity contribution in [3.05, 3.63) is 35.4 Å². The first-order chi connectivity index (χ1) is 9.97. The van der Waals surface area contributed by atoms with Crippen LogP contribution in [0, 0.1) is 0 Å². The third kappa shape index (κ3) is 3.17. The molecule has 0 saturated carbocycles. The van der Waals surface area contributed by atoms with Gasteiger partial charge in [-0.2, -0.15) is 0 Å². The number of hydrogen-bond donors (Lipinski definition) is 2. The predicted molar refractivity (Wildman–Crippen MR) is 80.0 cm³/mol. The molecule has 5 nitrogen and oxygen atoms in total. The van der Waals surface area contributed by atoms with Gasteiger partial charge in [0.2, 0.25) is 0 Å². The lowest BCUT2D eigenvalue weighted by molar-refractivity contribution is -0.147. The Morgan fingerprint density at radius 2 is 1.90 bits per heavy atom. The van der Waals surface area contributed by atoms with Crippen molar-refractivity contribution in [2.45, 2.75) is 45.2 Å². The fourth-order valence-corrected chi connectivity index (χ4v) is 2.68. The van der Waals surface area contributed by atoms with Crippen LogP contribution in [0.1, 0.15) is 37.8 Å². The van der Waals surface area contributed by atoms with Crippen molar-refractivity contribution in [2.75, 3.05) is 6.54 Å². The van der Waals surface area contributed by atoms with E-state index in [0.29, 0.717) is 19.5 Å². The topological polar surface area (TPSA) is 69.6 Å². The molecule has 2 N–H and O–H groups in total. The molecular formula is C16H22N2O3. The average molecular weight is 290 g/mol. The molecule has 2 amide bonds. The average Bonchev–Trinajstić information content (AvgIpc) is 2.89. The van der Waals surface area contributed by atoms with Gasteiger partial charge in [0.05, 0.1) is 0 Å². The van der Waals surface area contributed by atoms with Gasteiger partial charge in [-0.05, 0) is 37.3 Å². The Kier molecular flexibility index (Phi) is 4.50. The molecule has 1 aliphatic rings. The molecule has 1 aliphatic heterocycles. The monoisotopic (exact) mass is 290 g/mol.